The summed E-state index contributed by atoms with van der Waals surface area (Å²) in [6.07, 6.45) is 0. The van der Waals surface area contributed by atoms with Crippen LogP contribution in [0.4, 0.5) is 11.4 Å². The molecule has 0 saturated heterocycles. The number of amides is 2. The fraction of sp³-hybridized carbons (Fsp3) is 0.167. The molecule has 2 amide bonds. The molecule has 86 valence electrons. The number of carbonyl (C=O) groups excluding carboxylic acids is 2. The molecule has 0 saturated carbocycles. The molecule has 0 radical (unpaired) electrons. The Bertz CT molecular complexity index is 563. The van der Waals surface area contributed by atoms with Gasteiger partial charge in [-0.25, -0.2) is 0 Å². The third-order valence-corrected chi connectivity index (χ3v) is 2.97. The van der Waals surface area contributed by atoms with Crippen LogP contribution in [-0.2, 0) is 9.59 Å². The van der Waals surface area contributed by atoms with Crippen LogP contribution in [0.25, 0.3) is 0 Å². The van der Waals surface area contributed by atoms with Crippen molar-refractivity contribution in [3.8, 4) is 0 Å². The molecular weight excluding hydrogens is 218 g/mol. The van der Waals surface area contributed by atoms with E-state index in [1.165, 1.54) is 4.90 Å². The van der Waals surface area contributed by atoms with Crippen molar-refractivity contribution in [2.45, 2.75) is 0 Å². The van der Waals surface area contributed by atoms with Crippen LogP contribution < -0.4 is 10.6 Å². The summed E-state index contributed by atoms with van der Waals surface area (Å²) in [4.78, 5) is 25.4. The highest BCUT2D eigenvalue weighted by molar-refractivity contribution is 6.16. The second kappa shape index (κ2) is 3.35. The lowest BCUT2D eigenvalue weighted by Crippen LogP contribution is -2.25. The number of fused-ring (bicyclic) bond motifs is 1. The van der Waals surface area contributed by atoms with Crippen molar-refractivity contribution in [1.29, 1.82) is 0 Å². The SMILES string of the molecule is CN1CC2=C(Nc3ccccc3NC2=O)C1=O. The Morgan fingerprint density at radius 3 is 2.47 bits per heavy atom. The summed E-state index contributed by atoms with van der Waals surface area (Å²) in [5, 5.41) is 5.83. The maximum Gasteiger partial charge on any atom is 0.270 e. The van der Waals surface area contributed by atoms with Crippen molar-refractivity contribution in [3.63, 3.8) is 0 Å². The molecule has 17 heavy (non-hydrogen) atoms. The van der Waals surface area contributed by atoms with E-state index in [4.69, 9.17) is 0 Å². The monoisotopic (exact) mass is 229 g/mol. The van der Waals surface area contributed by atoms with Gasteiger partial charge in [0.1, 0.15) is 5.70 Å². The van der Waals surface area contributed by atoms with E-state index in [0.717, 1.165) is 5.69 Å². The maximum absolute atomic E-state index is 12.0. The summed E-state index contributed by atoms with van der Waals surface area (Å²) < 4.78 is 0. The van der Waals surface area contributed by atoms with E-state index < -0.39 is 0 Å². The second-order valence-corrected chi connectivity index (χ2v) is 4.14. The van der Waals surface area contributed by atoms with Gasteiger partial charge in [-0.2, -0.15) is 0 Å². The van der Waals surface area contributed by atoms with Gasteiger partial charge in [-0.1, -0.05) is 12.1 Å². The fourth-order valence-corrected chi connectivity index (χ4v) is 2.06. The van der Waals surface area contributed by atoms with E-state index >= 15 is 0 Å². The molecule has 2 aliphatic heterocycles. The zero-order valence-electron chi connectivity index (χ0n) is 9.28. The zero-order chi connectivity index (χ0) is 12.0. The van der Waals surface area contributed by atoms with Gasteiger partial charge in [-0.3, -0.25) is 9.59 Å². The van der Waals surface area contributed by atoms with E-state index in [1.54, 1.807) is 13.1 Å². The number of hydrogen-bond donors (Lipinski definition) is 2. The second-order valence-electron chi connectivity index (χ2n) is 4.14. The zero-order valence-corrected chi connectivity index (χ0v) is 9.28. The number of anilines is 2. The lowest BCUT2D eigenvalue weighted by molar-refractivity contribution is -0.124. The third-order valence-electron chi connectivity index (χ3n) is 2.97. The highest BCUT2D eigenvalue weighted by Crippen LogP contribution is 2.30. The van der Waals surface area contributed by atoms with Crippen LogP contribution in [0.3, 0.4) is 0 Å². The van der Waals surface area contributed by atoms with Crippen LogP contribution >= 0.6 is 0 Å². The highest BCUT2D eigenvalue weighted by atomic mass is 16.2. The minimum absolute atomic E-state index is 0.146. The molecule has 0 unspecified atom stereocenters. The Morgan fingerprint density at radius 1 is 1.12 bits per heavy atom. The molecule has 5 nitrogen and oxygen atoms in total. The summed E-state index contributed by atoms with van der Waals surface area (Å²) >= 11 is 0. The number of carbonyl (C=O) groups is 2. The average Bonchev–Trinajstić information content (AvgIpc) is 2.53. The van der Waals surface area contributed by atoms with Crippen molar-refractivity contribution in [2.24, 2.45) is 0 Å². The summed E-state index contributed by atoms with van der Waals surface area (Å²) in [6, 6.07) is 7.33. The largest absolute Gasteiger partial charge is 0.349 e. The standard InChI is InChI=1S/C12H11N3O2/c1-15-6-7-10(12(15)17)13-8-4-2-3-5-9(8)14-11(7)16/h2-5,13H,6H2,1H3,(H,14,16). The molecule has 1 aromatic rings. The van der Waals surface area contributed by atoms with Gasteiger partial charge in [0.05, 0.1) is 23.5 Å². The number of nitrogens with one attached hydrogen (secondary N) is 2. The molecule has 0 bridgehead atoms. The molecular formula is C12H11N3O2. The first-order chi connectivity index (χ1) is 8.16. The highest BCUT2D eigenvalue weighted by Gasteiger charge is 2.34. The molecule has 0 aliphatic carbocycles. The summed E-state index contributed by atoms with van der Waals surface area (Å²) in [5.41, 5.74) is 2.32. The Labute approximate surface area is 98.1 Å². The first-order valence-electron chi connectivity index (χ1n) is 5.33. The maximum atomic E-state index is 12.0. The van der Waals surface area contributed by atoms with Crippen LogP contribution in [0.2, 0.25) is 0 Å². The van der Waals surface area contributed by atoms with Crippen molar-refractivity contribution >= 4 is 23.2 Å². The van der Waals surface area contributed by atoms with Gasteiger partial charge >= 0.3 is 0 Å². The molecule has 2 N–H and O–H groups in total. The Hall–Kier alpha value is -2.30. The third kappa shape index (κ3) is 1.39. The van der Waals surface area contributed by atoms with Gasteiger partial charge in [0.2, 0.25) is 0 Å². The minimum atomic E-state index is -0.213. The molecule has 0 atom stereocenters. The van der Waals surface area contributed by atoms with Crippen molar-refractivity contribution in [2.75, 3.05) is 24.2 Å². The van der Waals surface area contributed by atoms with Crippen LogP contribution in [-0.4, -0.2) is 30.3 Å². The van der Waals surface area contributed by atoms with E-state index in [1.807, 2.05) is 18.2 Å². The van der Waals surface area contributed by atoms with Crippen molar-refractivity contribution < 1.29 is 9.59 Å². The van der Waals surface area contributed by atoms with Crippen molar-refractivity contribution in [3.05, 3.63) is 35.5 Å². The number of rotatable bonds is 0. The number of benzene rings is 1. The molecule has 3 rings (SSSR count). The predicted octanol–water partition coefficient (Wildman–Crippen LogP) is 0.777. The molecule has 0 aromatic heterocycles. The number of hydrogen-bond acceptors (Lipinski definition) is 3. The van der Waals surface area contributed by atoms with Crippen LogP contribution in [0.15, 0.2) is 35.5 Å². The summed E-state index contributed by atoms with van der Waals surface area (Å²) in [7, 11) is 1.68. The Balaban J connectivity index is 2.10. The van der Waals surface area contributed by atoms with Gasteiger partial charge in [0, 0.05) is 7.05 Å². The summed E-state index contributed by atoms with van der Waals surface area (Å²) in [6.45, 7) is 0.348. The number of nitrogens with zero attached hydrogens (tertiary/aromatic N) is 1. The van der Waals surface area contributed by atoms with Crippen LogP contribution in [0, 0.1) is 0 Å². The average molecular weight is 229 g/mol. The number of likely N-dealkylation sites (N-methyl/N-ethyl adjacent to an activating group) is 1. The van der Waals surface area contributed by atoms with E-state index in [-0.39, 0.29) is 11.8 Å². The molecule has 2 aliphatic rings. The summed E-state index contributed by atoms with van der Waals surface area (Å²) in [5.74, 6) is -0.359. The van der Waals surface area contributed by atoms with E-state index in [9.17, 15) is 9.59 Å². The normalized spacial score (nSPS) is 18.3. The lowest BCUT2D eigenvalue weighted by atomic mass is 10.2. The van der Waals surface area contributed by atoms with Gasteiger partial charge in [-0.15, -0.1) is 0 Å². The first kappa shape index (κ1) is 9.89. The van der Waals surface area contributed by atoms with Crippen molar-refractivity contribution in [1.82, 2.24) is 4.90 Å². The Kier molecular flexibility index (Phi) is 1.95. The van der Waals surface area contributed by atoms with Crippen LogP contribution in [0.1, 0.15) is 0 Å². The Morgan fingerprint density at radius 2 is 1.76 bits per heavy atom. The topological polar surface area (TPSA) is 61.4 Å². The van der Waals surface area contributed by atoms with E-state index in [2.05, 4.69) is 10.6 Å². The van der Waals surface area contributed by atoms with Gasteiger partial charge in [-0.05, 0) is 12.1 Å². The smallest absolute Gasteiger partial charge is 0.270 e. The first-order valence-corrected chi connectivity index (χ1v) is 5.33. The molecule has 0 fully saturated rings. The minimum Gasteiger partial charge on any atom is -0.349 e. The number of para-hydroxylation sites is 2. The molecule has 5 heteroatoms. The van der Waals surface area contributed by atoms with Gasteiger partial charge < -0.3 is 15.5 Å². The van der Waals surface area contributed by atoms with Gasteiger partial charge in [0.15, 0.2) is 0 Å². The quantitative estimate of drug-likeness (QED) is 0.691. The fourth-order valence-electron chi connectivity index (χ4n) is 2.06. The predicted molar refractivity (Wildman–Crippen MR) is 63.4 cm³/mol. The lowest BCUT2D eigenvalue weighted by Gasteiger charge is -2.13. The van der Waals surface area contributed by atoms with Crippen LogP contribution in [0.5, 0.6) is 0 Å². The molecule has 1 aromatic carbocycles. The molecule has 2 heterocycles. The molecule has 0 spiro atoms. The van der Waals surface area contributed by atoms with Gasteiger partial charge in [0.25, 0.3) is 11.8 Å². The van der Waals surface area contributed by atoms with E-state index in [0.29, 0.717) is 23.5 Å².